The standard InChI is InChI=1S/C17H22N2O7/c1-17(2,3)26-16(24)19-12(14(21)22)9-10-5-7-11(8-6-10)18-13(20)15(23)25-4/h5-8,12H,9H2,1-4H3,(H,18,20)(H,19,24)(H,21,22)/t12-/m0/s1. The molecular formula is C17H22N2O7. The average molecular weight is 366 g/mol. The first-order chi connectivity index (χ1) is 12.0. The van der Waals surface area contributed by atoms with Crippen molar-refractivity contribution in [1.29, 1.82) is 0 Å². The molecule has 2 amide bonds. The molecule has 0 bridgehead atoms. The number of benzene rings is 1. The average Bonchev–Trinajstić information content (AvgIpc) is 2.53. The second-order valence-electron chi connectivity index (χ2n) is 6.38. The number of aliphatic carboxylic acids is 1. The van der Waals surface area contributed by atoms with Gasteiger partial charge in [0, 0.05) is 12.1 Å². The highest BCUT2D eigenvalue weighted by Gasteiger charge is 2.24. The Balaban J connectivity index is 2.72. The quantitative estimate of drug-likeness (QED) is 0.529. The Morgan fingerprint density at radius 2 is 1.69 bits per heavy atom. The zero-order valence-corrected chi connectivity index (χ0v) is 15.0. The summed E-state index contributed by atoms with van der Waals surface area (Å²) in [5.41, 5.74) is 0.202. The molecule has 1 atom stereocenters. The van der Waals surface area contributed by atoms with Crippen molar-refractivity contribution in [2.24, 2.45) is 0 Å². The molecule has 9 heteroatoms. The first-order valence-electron chi connectivity index (χ1n) is 7.72. The second-order valence-corrected chi connectivity index (χ2v) is 6.38. The molecule has 0 aliphatic heterocycles. The Hall–Kier alpha value is -3.10. The number of carbonyl (C=O) groups is 4. The largest absolute Gasteiger partial charge is 0.480 e. The molecule has 0 aliphatic carbocycles. The number of anilines is 1. The van der Waals surface area contributed by atoms with Gasteiger partial charge in [-0.05, 0) is 38.5 Å². The van der Waals surface area contributed by atoms with Gasteiger partial charge in [-0.15, -0.1) is 0 Å². The van der Waals surface area contributed by atoms with Gasteiger partial charge in [0.15, 0.2) is 0 Å². The summed E-state index contributed by atoms with van der Waals surface area (Å²) in [6.45, 7) is 5.01. The van der Waals surface area contributed by atoms with Crippen LogP contribution in [0.2, 0.25) is 0 Å². The van der Waals surface area contributed by atoms with Crippen molar-refractivity contribution >= 4 is 29.6 Å². The van der Waals surface area contributed by atoms with E-state index in [-0.39, 0.29) is 6.42 Å². The number of amides is 2. The molecule has 0 radical (unpaired) electrons. The van der Waals surface area contributed by atoms with Gasteiger partial charge in [-0.25, -0.2) is 14.4 Å². The first kappa shape index (κ1) is 20.9. The molecule has 3 N–H and O–H groups in total. The third kappa shape index (κ3) is 7.20. The zero-order valence-electron chi connectivity index (χ0n) is 15.0. The van der Waals surface area contributed by atoms with Gasteiger partial charge in [0.2, 0.25) is 0 Å². The predicted octanol–water partition coefficient (Wildman–Crippen LogP) is 1.32. The Morgan fingerprint density at radius 3 is 2.15 bits per heavy atom. The maximum atomic E-state index is 11.7. The monoisotopic (exact) mass is 366 g/mol. The van der Waals surface area contributed by atoms with Crippen LogP contribution in [0.3, 0.4) is 0 Å². The highest BCUT2D eigenvalue weighted by atomic mass is 16.6. The third-order valence-corrected chi connectivity index (χ3v) is 3.01. The molecule has 0 unspecified atom stereocenters. The molecule has 0 fully saturated rings. The normalized spacial score (nSPS) is 11.8. The van der Waals surface area contributed by atoms with Gasteiger partial charge in [-0.3, -0.25) is 4.79 Å². The van der Waals surface area contributed by atoms with Crippen molar-refractivity contribution in [3.05, 3.63) is 29.8 Å². The molecule has 0 spiro atoms. The Labute approximate surface area is 150 Å². The lowest BCUT2D eigenvalue weighted by Crippen LogP contribution is -2.44. The summed E-state index contributed by atoms with van der Waals surface area (Å²) in [4.78, 5) is 45.5. The van der Waals surface area contributed by atoms with Crippen LogP contribution < -0.4 is 10.6 Å². The number of carboxylic acids is 1. The van der Waals surface area contributed by atoms with E-state index in [1.165, 1.54) is 12.1 Å². The Kier molecular flexibility index (Phi) is 7.12. The number of nitrogens with one attached hydrogen (secondary N) is 2. The minimum atomic E-state index is -1.21. The van der Waals surface area contributed by atoms with Crippen molar-refractivity contribution in [2.45, 2.75) is 38.8 Å². The van der Waals surface area contributed by atoms with Crippen LogP contribution in [0.25, 0.3) is 0 Å². The number of rotatable bonds is 5. The summed E-state index contributed by atoms with van der Waals surface area (Å²) >= 11 is 0. The molecule has 9 nitrogen and oxygen atoms in total. The molecule has 0 saturated carbocycles. The fraction of sp³-hybridized carbons (Fsp3) is 0.412. The first-order valence-corrected chi connectivity index (χ1v) is 7.72. The van der Waals surface area contributed by atoms with Gasteiger partial charge in [0.05, 0.1) is 7.11 Å². The summed E-state index contributed by atoms with van der Waals surface area (Å²) < 4.78 is 9.34. The van der Waals surface area contributed by atoms with E-state index in [0.717, 1.165) is 7.11 Å². The molecule has 142 valence electrons. The van der Waals surface area contributed by atoms with Crippen molar-refractivity contribution in [2.75, 3.05) is 12.4 Å². The molecular weight excluding hydrogens is 344 g/mol. The number of hydrogen-bond acceptors (Lipinski definition) is 6. The summed E-state index contributed by atoms with van der Waals surface area (Å²) in [5, 5.41) is 13.9. The van der Waals surface area contributed by atoms with Crippen LogP contribution in [-0.2, 0) is 30.3 Å². The van der Waals surface area contributed by atoms with Crippen molar-refractivity contribution in [3.63, 3.8) is 0 Å². The molecule has 1 aromatic carbocycles. The number of hydrogen-bond donors (Lipinski definition) is 3. The number of alkyl carbamates (subject to hydrolysis) is 1. The highest BCUT2D eigenvalue weighted by molar-refractivity contribution is 6.37. The van der Waals surface area contributed by atoms with E-state index >= 15 is 0 Å². The summed E-state index contributed by atoms with van der Waals surface area (Å²) in [5.74, 6) is -3.16. The fourth-order valence-electron chi connectivity index (χ4n) is 1.88. The van der Waals surface area contributed by atoms with Gasteiger partial charge in [-0.1, -0.05) is 12.1 Å². The Morgan fingerprint density at radius 1 is 1.12 bits per heavy atom. The van der Waals surface area contributed by atoms with E-state index in [4.69, 9.17) is 4.74 Å². The molecule has 0 saturated heterocycles. The summed E-state index contributed by atoms with van der Waals surface area (Å²) in [6, 6.07) is 4.96. The van der Waals surface area contributed by atoms with Crippen LogP contribution in [0.4, 0.5) is 10.5 Å². The molecule has 26 heavy (non-hydrogen) atoms. The Bertz CT molecular complexity index is 677. The second kappa shape index (κ2) is 8.84. The van der Waals surface area contributed by atoms with E-state index in [0.29, 0.717) is 11.3 Å². The third-order valence-electron chi connectivity index (χ3n) is 3.01. The van der Waals surface area contributed by atoms with Gasteiger partial charge >= 0.3 is 23.9 Å². The summed E-state index contributed by atoms with van der Waals surface area (Å²) in [6.07, 6.45) is -0.813. The molecule has 0 aromatic heterocycles. The van der Waals surface area contributed by atoms with Gasteiger partial charge in [0.25, 0.3) is 0 Å². The maximum absolute atomic E-state index is 11.7. The number of methoxy groups -OCH3 is 1. The minimum Gasteiger partial charge on any atom is -0.480 e. The van der Waals surface area contributed by atoms with E-state index in [9.17, 15) is 24.3 Å². The predicted molar refractivity (Wildman–Crippen MR) is 91.6 cm³/mol. The molecule has 1 rings (SSSR count). The lowest BCUT2D eigenvalue weighted by molar-refractivity contribution is -0.150. The van der Waals surface area contributed by atoms with Crippen molar-refractivity contribution in [1.82, 2.24) is 5.32 Å². The SMILES string of the molecule is COC(=O)C(=O)Nc1ccc(C[C@H](NC(=O)OC(C)(C)C)C(=O)O)cc1. The highest BCUT2D eigenvalue weighted by Crippen LogP contribution is 2.12. The topological polar surface area (TPSA) is 131 Å². The van der Waals surface area contributed by atoms with Crippen LogP contribution in [0.1, 0.15) is 26.3 Å². The number of carboxylic acid groups (broad SMARTS) is 1. The number of esters is 1. The van der Waals surface area contributed by atoms with Crippen LogP contribution in [0.15, 0.2) is 24.3 Å². The molecule has 0 heterocycles. The minimum absolute atomic E-state index is 0.0137. The van der Waals surface area contributed by atoms with Crippen molar-refractivity contribution < 1.29 is 33.8 Å². The van der Waals surface area contributed by atoms with Crippen LogP contribution in [0, 0.1) is 0 Å². The van der Waals surface area contributed by atoms with Crippen LogP contribution in [0.5, 0.6) is 0 Å². The van der Waals surface area contributed by atoms with Crippen LogP contribution in [-0.4, -0.2) is 47.8 Å². The van der Waals surface area contributed by atoms with E-state index in [2.05, 4.69) is 15.4 Å². The smallest absolute Gasteiger partial charge is 0.408 e. The van der Waals surface area contributed by atoms with E-state index in [1.54, 1.807) is 32.9 Å². The van der Waals surface area contributed by atoms with Gasteiger partial charge < -0.3 is 25.2 Å². The number of ether oxygens (including phenoxy) is 2. The molecule has 1 aromatic rings. The maximum Gasteiger partial charge on any atom is 0.408 e. The fourth-order valence-corrected chi connectivity index (χ4v) is 1.88. The summed E-state index contributed by atoms with van der Waals surface area (Å²) in [7, 11) is 1.09. The number of carbonyl (C=O) groups excluding carboxylic acids is 3. The van der Waals surface area contributed by atoms with Gasteiger partial charge in [0.1, 0.15) is 11.6 Å². The van der Waals surface area contributed by atoms with E-state index in [1.807, 2.05) is 0 Å². The van der Waals surface area contributed by atoms with E-state index < -0.39 is 35.6 Å². The van der Waals surface area contributed by atoms with Crippen LogP contribution >= 0.6 is 0 Å². The van der Waals surface area contributed by atoms with Gasteiger partial charge in [-0.2, -0.15) is 0 Å². The lowest BCUT2D eigenvalue weighted by atomic mass is 10.1. The van der Waals surface area contributed by atoms with Crippen molar-refractivity contribution in [3.8, 4) is 0 Å². The zero-order chi connectivity index (χ0) is 19.9. The lowest BCUT2D eigenvalue weighted by Gasteiger charge is -2.22. The molecule has 0 aliphatic rings.